The summed E-state index contributed by atoms with van der Waals surface area (Å²) in [7, 11) is 0. The SMILES string of the molecule is CCc1cc(C)cc2ccc(F)c(CC3CC3)c12. The van der Waals surface area contributed by atoms with Gasteiger partial charge in [-0.05, 0) is 66.5 Å². The molecule has 18 heavy (non-hydrogen) atoms. The van der Waals surface area contributed by atoms with Gasteiger partial charge in [-0.1, -0.05) is 30.7 Å². The Morgan fingerprint density at radius 2 is 2.00 bits per heavy atom. The fraction of sp³-hybridized carbons (Fsp3) is 0.412. The molecule has 0 nitrogen and oxygen atoms in total. The Bertz CT molecular complexity index is 594. The third-order valence-corrected chi connectivity index (χ3v) is 3.96. The van der Waals surface area contributed by atoms with Crippen molar-refractivity contribution in [1.29, 1.82) is 0 Å². The smallest absolute Gasteiger partial charge is 0.127 e. The normalized spacial score (nSPS) is 15.3. The summed E-state index contributed by atoms with van der Waals surface area (Å²) >= 11 is 0. The van der Waals surface area contributed by atoms with Crippen LogP contribution in [-0.2, 0) is 12.8 Å². The van der Waals surface area contributed by atoms with Crippen LogP contribution in [0.5, 0.6) is 0 Å². The van der Waals surface area contributed by atoms with Crippen molar-refractivity contribution >= 4 is 10.8 Å². The summed E-state index contributed by atoms with van der Waals surface area (Å²) in [5, 5.41) is 2.37. The number of hydrogen-bond donors (Lipinski definition) is 0. The number of halogens is 1. The van der Waals surface area contributed by atoms with Crippen molar-refractivity contribution in [3.63, 3.8) is 0 Å². The molecule has 1 aliphatic rings. The van der Waals surface area contributed by atoms with Crippen molar-refractivity contribution in [2.24, 2.45) is 5.92 Å². The van der Waals surface area contributed by atoms with Gasteiger partial charge in [-0.15, -0.1) is 0 Å². The van der Waals surface area contributed by atoms with Crippen LogP contribution in [0.2, 0.25) is 0 Å². The van der Waals surface area contributed by atoms with Crippen molar-refractivity contribution in [3.05, 3.63) is 46.8 Å². The largest absolute Gasteiger partial charge is 0.207 e. The van der Waals surface area contributed by atoms with Crippen LogP contribution in [0.25, 0.3) is 10.8 Å². The minimum Gasteiger partial charge on any atom is -0.207 e. The van der Waals surface area contributed by atoms with E-state index in [-0.39, 0.29) is 5.82 Å². The Balaban J connectivity index is 2.26. The van der Waals surface area contributed by atoms with Gasteiger partial charge in [0.15, 0.2) is 0 Å². The van der Waals surface area contributed by atoms with Gasteiger partial charge in [-0.2, -0.15) is 0 Å². The molecule has 1 fully saturated rings. The quantitative estimate of drug-likeness (QED) is 0.725. The molecule has 2 aromatic carbocycles. The van der Waals surface area contributed by atoms with E-state index in [1.807, 2.05) is 6.07 Å². The van der Waals surface area contributed by atoms with Gasteiger partial charge in [-0.3, -0.25) is 0 Å². The lowest BCUT2D eigenvalue weighted by atomic mass is 9.93. The molecule has 1 saturated carbocycles. The van der Waals surface area contributed by atoms with E-state index >= 15 is 0 Å². The highest BCUT2D eigenvalue weighted by atomic mass is 19.1. The molecule has 0 atom stereocenters. The predicted molar refractivity (Wildman–Crippen MR) is 74.4 cm³/mol. The summed E-state index contributed by atoms with van der Waals surface area (Å²) in [5.74, 6) is 0.698. The maximum Gasteiger partial charge on any atom is 0.127 e. The molecule has 0 amide bonds. The number of fused-ring (bicyclic) bond motifs is 1. The first-order valence-corrected chi connectivity index (χ1v) is 6.89. The van der Waals surface area contributed by atoms with Crippen LogP contribution in [0.15, 0.2) is 24.3 Å². The third-order valence-electron chi connectivity index (χ3n) is 3.96. The van der Waals surface area contributed by atoms with Gasteiger partial charge in [-0.25, -0.2) is 4.39 Å². The maximum absolute atomic E-state index is 14.1. The Labute approximate surface area is 108 Å². The van der Waals surface area contributed by atoms with Crippen molar-refractivity contribution in [2.75, 3.05) is 0 Å². The van der Waals surface area contributed by atoms with Crippen LogP contribution in [0.3, 0.4) is 0 Å². The van der Waals surface area contributed by atoms with Crippen LogP contribution in [-0.4, -0.2) is 0 Å². The van der Waals surface area contributed by atoms with Crippen LogP contribution in [0.4, 0.5) is 4.39 Å². The standard InChI is InChI=1S/C17H19F/c1-3-13-8-11(2)9-14-6-7-16(18)15(17(13)14)10-12-4-5-12/h6-9,12H,3-5,10H2,1-2H3. The van der Waals surface area contributed by atoms with Gasteiger partial charge in [0.1, 0.15) is 5.82 Å². The molecule has 94 valence electrons. The zero-order chi connectivity index (χ0) is 12.7. The first-order chi connectivity index (χ1) is 8.69. The molecule has 0 radical (unpaired) electrons. The summed E-state index contributed by atoms with van der Waals surface area (Å²) in [6.07, 6.45) is 4.42. The number of benzene rings is 2. The molecule has 0 saturated heterocycles. The van der Waals surface area contributed by atoms with Crippen molar-refractivity contribution < 1.29 is 4.39 Å². The first kappa shape index (κ1) is 11.7. The van der Waals surface area contributed by atoms with E-state index in [1.54, 1.807) is 6.07 Å². The van der Waals surface area contributed by atoms with Crippen LogP contribution < -0.4 is 0 Å². The topological polar surface area (TPSA) is 0 Å². The van der Waals surface area contributed by atoms with Crippen LogP contribution >= 0.6 is 0 Å². The maximum atomic E-state index is 14.1. The fourth-order valence-electron chi connectivity index (χ4n) is 2.86. The van der Waals surface area contributed by atoms with E-state index < -0.39 is 0 Å². The average molecular weight is 242 g/mol. The Hall–Kier alpha value is -1.37. The minimum absolute atomic E-state index is 0.0204. The van der Waals surface area contributed by atoms with Gasteiger partial charge in [0.2, 0.25) is 0 Å². The van der Waals surface area contributed by atoms with Gasteiger partial charge in [0, 0.05) is 0 Å². The molecule has 0 unspecified atom stereocenters. The summed E-state index contributed by atoms with van der Waals surface area (Å²) in [5.41, 5.74) is 3.51. The lowest BCUT2D eigenvalue weighted by Gasteiger charge is -2.13. The molecule has 0 bridgehead atoms. The predicted octanol–water partition coefficient (Wildman–Crippen LogP) is 4.80. The van der Waals surface area contributed by atoms with Crippen LogP contribution in [0, 0.1) is 18.7 Å². The molecule has 0 aliphatic heterocycles. The highest BCUT2D eigenvalue weighted by Gasteiger charge is 2.24. The first-order valence-electron chi connectivity index (χ1n) is 6.89. The molecule has 0 N–H and O–H groups in total. The summed E-state index contributed by atoms with van der Waals surface area (Å²) < 4.78 is 14.1. The Morgan fingerprint density at radius 3 is 2.67 bits per heavy atom. The Kier molecular flexibility index (Phi) is 2.85. The number of rotatable bonds is 3. The third kappa shape index (κ3) is 2.03. The minimum atomic E-state index is -0.0204. The fourth-order valence-corrected chi connectivity index (χ4v) is 2.86. The van der Waals surface area contributed by atoms with Crippen molar-refractivity contribution in [2.45, 2.75) is 39.5 Å². The molecule has 0 aromatic heterocycles. The second-order valence-electron chi connectivity index (χ2n) is 5.55. The number of hydrogen-bond acceptors (Lipinski definition) is 0. The van der Waals surface area contributed by atoms with E-state index in [2.05, 4.69) is 26.0 Å². The van der Waals surface area contributed by atoms with E-state index in [0.29, 0.717) is 0 Å². The zero-order valence-corrected chi connectivity index (χ0v) is 11.1. The number of aryl methyl sites for hydroxylation is 2. The molecular weight excluding hydrogens is 223 g/mol. The van der Waals surface area contributed by atoms with E-state index in [4.69, 9.17) is 0 Å². The van der Waals surface area contributed by atoms with Crippen molar-refractivity contribution in [1.82, 2.24) is 0 Å². The lowest BCUT2D eigenvalue weighted by Crippen LogP contribution is -1.98. The summed E-state index contributed by atoms with van der Waals surface area (Å²) in [6, 6.07) is 7.94. The summed E-state index contributed by atoms with van der Waals surface area (Å²) in [4.78, 5) is 0. The molecule has 0 spiro atoms. The molecular formula is C17H19F. The van der Waals surface area contributed by atoms with Gasteiger partial charge >= 0.3 is 0 Å². The average Bonchev–Trinajstić information content (AvgIpc) is 3.15. The van der Waals surface area contributed by atoms with Gasteiger partial charge in [0.25, 0.3) is 0 Å². The highest BCUT2D eigenvalue weighted by Crippen LogP contribution is 2.37. The molecule has 2 aromatic rings. The molecule has 0 heterocycles. The molecule has 3 rings (SSSR count). The van der Waals surface area contributed by atoms with E-state index in [0.717, 1.165) is 24.3 Å². The van der Waals surface area contributed by atoms with Gasteiger partial charge < -0.3 is 0 Å². The van der Waals surface area contributed by atoms with E-state index in [1.165, 1.54) is 34.7 Å². The second-order valence-corrected chi connectivity index (χ2v) is 5.55. The molecule has 1 aliphatic carbocycles. The highest BCUT2D eigenvalue weighted by molar-refractivity contribution is 5.89. The van der Waals surface area contributed by atoms with Crippen LogP contribution in [0.1, 0.15) is 36.5 Å². The van der Waals surface area contributed by atoms with E-state index in [9.17, 15) is 4.39 Å². The zero-order valence-electron chi connectivity index (χ0n) is 11.1. The molecule has 1 heteroatoms. The second kappa shape index (κ2) is 4.38. The van der Waals surface area contributed by atoms with Gasteiger partial charge in [0.05, 0.1) is 0 Å². The van der Waals surface area contributed by atoms with Crippen molar-refractivity contribution in [3.8, 4) is 0 Å². The Morgan fingerprint density at radius 1 is 1.22 bits per heavy atom. The lowest BCUT2D eigenvalue weighted by molar-refractivity contribution is 0.605. The summed E-state index contributed by atoms with van der Waals surface area (Å²) in [6.45, 7) is 4.27. The monoisotopic (exact) mass is 242 g/mol.